The first-order valence-corrected chi connectivity index (χ1v) is 10.7. The normalized spacial score (nSPS) is 10.6. The first-order valence-electron chi connectivity index (χ1n) is 10.7. The van der Waals surface area contributed by atoms with Crippen LogP contribution in [0.5, 0.6) is 28.7 Å². The number of non-ortho nitro benzene ring substituents is 1. The van der Waals surface area contributed by atoms with Crippen LogP contribution in [-0.2, 0) is 0 Å². The van der Waals surface area contributed by atoms with E-state index in [-0.39, 0.29) is 17.2 Å². The predicted molar refractivity (Wildman–Crippen MR) is 132 cm³/mol. The van der Waals surface area contributed by atoms with Gasteiger partial charge in [-0.25, -0.2) is 5.43 Å². The Bertz CT molecular complexity index is 1360. The van der Waals surface area contributed by atoms with E-state index >= 15 is 0 Å². The molecule has 0 unspecified atom stereocenters. The fourth-order valence-electron chi connectivity index (χ4n) is 3.13. The van der Waals surface area contributed by atoms with E-state index in [1.807, 2.05) is 6.92 Å². The Hall–Kier alpha value is -5.20. The summed E-state index contributed by atoms with van der Waals surface area (Å²) in [5.74, 6) is 0.582. The van der Waals surface area contributed by atoms with E-state index in [1.54, 1.807) is 24.3 Å². The highest BCUT2D eigenvalue weighted by Crippen LogP contribution is 2.38. The molecule has 0 fully saturated rings. The number of hydrazone groups is 1. The Morgan fingerprint density at radius 1 is 0.892 bits per heavy atom. The lowest BCUT2D eigenvalue weighted by molar-refractivity contribution is -0.394. The van der Waals surface area contributed by atoms with E-state index in [0.29, 0.717) is 29.2 Å². The fraction of sp³-hybridized carbons (Fsp3) is 0.167. The van der Waals surface area contributed by atoms with Gasteiger partial charge in [-0.2, -0.15) is 5.10 Å². The summed E-state index contributed by atoms with van der Waals surface area (Å²) in [4.78, 5) is 33.2. The molecule has 0 aliphatic rings. The number of hydrogen-bond acceptors (Lipinski definition) is 10. The lowest BCUT2D eigenvalue weighted by Gasteiger charge is -2.11. The standard InChI is InChI=1S/C24H22N4O9/c1-4-36-23-12-16(6-9-20(23)34-2)24(29)26-25-14-15-5-8-21(22(11-15)35-3)37-19-10-7-17(27(30)31)13-18(19)28(32)33/h5-14H,4H2,1-3H3,(H,26,29)/b25-14+. The van der Waals surface area contributed by atoms with Gasteiger partial charge in [0.1, 0.15) is 0 Å². The van der Waals surface area contributed by atoms with E-state index in [0.717, 1.165) is 18.2 Å². The highest BCUT2D eigenvalue weighted by Gasteiger charge is 2.22. The van der Waals surface area contributed by atoms with Gasteiger partial charge in [-0.15, -0.1) is 0 Å². The zero-order valence-corrected chi connectivity index (χ0v) is 20.0. The molecule has 0 bridgehead atoms. The van der Waals surface area contributed by atoms with Crippen LogP contribution in [0.25, 0.3) is 0 Å². The smallest absolute Gasteiger partial charge is 0.318 e. The van der Waals surface area contributed by atoms with Gasteiger partial charge in [0.2, 0.25) is 5.75 Å². The van der Waals surface area contributed by atoms with Gasteiger partial charge in [0.25, 0.3) is 11.6 Å². The fourth-order valence-corrected chi connectivity index (χ4v) is 3.13. The Kier molecular flexibility index (Phi) is 8.54. The summed E-state index contributed by atoms with van der Waals surface area (Å²) in [6, 6.07) is 12.3. The lowest BCUT2D eigenvalue weighted by Crippen LogP contribution is -2.17. The number of nitro benzene ring substituents is 2. The molecule has 192 valence electrons. The van der Waals surface area contributed by atoms with Crippen LogP contribution in [0.2, 0.25) is 0 Å². The third-order valence-corrected chi connectivity index (χ3v) is 4.86. The third-order valence-electron chi connectivity index (χ3n) is 4.86. The van der Waals surface area contributed by atoms with Crippen LogP contribution in [0.15, 0.2) is 59.7 Å². The zero-order valence-electron chi connectivity index (χ0n) is 20.0. The second-order valence-electron chi connectivity index (χ2n) is 7.18. The molecule has 3 aromatic rings. The number of methoxy groups -OCH3 is 2. The van der Waals surface area contributed by atoms with Crippen molar-refractivity contribution in [2.45, 2.75) is 6.92 Å². The van der Waals surface area contributed by atoms with E-state index in [1.165, 1.54) is 32.6 Å². The van der Waals surface area contributed by atoms with Gasteiger partial charge >= 0.3 is 5.69 Å². The summed E-state index contributed by atoms with van der Waals surface area (Å²) in [6.45, 7) is 2.22. The Morgan fingerprint density at radius 2 is 1.59 bits per heavy atom. The highest BCUT2D eigenvalue weighted by atomic mass is 16.6. The van der Waals surface area contributed by atoms with Gasteiger partial charge in [-0.3, -0.25) is 25.0 Å². The van der Waals surface area contributed by atoms with Crippen LogP contribution in [0.1, 0.15) is 22.8 Å². The van der Waals surface area contributed by atoms with Gasteiger partial charge in [0, 0.05) is 11.6 Å². The summed E-state index contributed by atoms with van der Waals surface area (Å²) in [7, 11) is 2.87. The van der Waals surface area contributed by atoms with Crippen molar-refractivity contribution < 1.29 is 33.6 Å². The molecule has 0 heterocycles. The molecule has 3 rings (SSSR count). The molecule has 0 saturated carbocycles. The van der Waals surface area contributed by atoms with Crippen molar-refractivity contribution in [3.63, 3.8) is 0 Å². The van der Waals surface area contributed by atoms with Crippen LogP contribution in [0.4, 0.5) is 11.4 Å². The maximum absolute atomic E-state index is 12.5. The van der Waals surface area contributed by atoms with Gasteiger partial charge in [0.05, 0.1) is 43.0 Å². The zero-order chi connectivity index (χ0) is 26.9. The van der Waals surface area contributed by atoms with Crippen LogP contribution >= 0.6 is 0 Å². The number of ether oxygens (including phenoxy) is 4. The van der Waals surface area contributed by atoms with E-state index in [2.05, 4.69) is 10.5 Å². The minimum absolute atomic E-state index is 0.127. The molecule has 0 atom stereocenters. The second kappa shape index (κ2) is 12.0. The molecular weight excluding hydrogens is 488 g/mol. The summed E-state index contributed by atoms with van der Waals surface area (Å²) in [5.41, 5.74) is 2.23. The van der Waals surface area contributed by atoms with Gasteiger partial charge in [-0.05, 0) is 55.0 Å². The maximum Gasteiger partial charge on any atom is 0.318 e. The Labute approximate surface area is 210 Å². The van der Waals surface area contributed by atoms with E-state index in [9.17, 15) is 25.0 Å². The quantitative estimate of drug-likeness (QED) is 0.222. The highest BCUT2D eigenvalue weighted by molar-refractivity contribution is 5.95. The minimum Gasteiger partial charge on any atom is -0.493 e. The molecule has 0 aliphatic heterocycles. The summed E-state index contributed by atoms with van der Waals surface area (Å²) in [5, 5.41) is 26.2. The average Bonchev–Trinajstić information content (AvgIpc) is 2.89. The van der Waals surface area contributed by atoms with Crippen molar-refractivity contribution in [2.24, 2.45) is 5.10 Å². The molecular formula is C24H22N4O9. The maximum atomic E-state index is 12.5. The largest absolute Gasteiger partial charge is 0.493 e. The molecule has 1 N–H and O–H groups in total. The SMILES string of the molecule is CCOc1cc(C(=O)N/N=C/c2ccc(Oc3ccc([N+](=O)[O-])cc3[N+](=O)[O-])c(OC)c2)ccc1OC. The van der Waals surface area contributed by atoms with Crippen LogP contribution in [0.3, 0.4) is 0 Å². The molecule has 13 nitrogen and oxygen atoms in total. The van der Waals surface area contributed by atoms with Crippen molar-refractivity contribution in [1.82, 2.24) is 5.43 Å². The first-order chi connectivity index (χ1) is 17.8. The van der Waals surface area contributed by atoms with Crippen molar-refractivity contribution in [3.8, 4) is 28.7 Å². The van der Waals surface area contributed by atoms with Crippen LogP contribution < -0.4 is 24.4 Å². The van der Waals surface area contributed by atoms with Crippen LogP contribution in [-0.4, -0.2) is 42.8 Å². The monoisotopic (exact) mass is 510 g/mol. The van der Waals surface area contributed by atoms with Crippen molar-refractivity contribution in [2.75, 3.05) is 20.8 Å². The van der Waals surface area contributed by atoms with Crippen molar-refractivity contribution in [1.29, 1.82) is 0 Å². The molecule has 0 spiro atoms. The van der Waals surface area contributed by atoms with Gasteiger partial charge in [-0.1, -0.05) is 0 Å². The number of carbonyl (C=O) groups is 1. The number of amides is 1. The lowest BCUT2D eigenvalue weighted by atomic mass is 10.2. The molecule has 0 saturated heterocycles. The van der Waals surface area contributed by atoms with E-state index in [4.69, 9.17) is 18.9 Å². The number of benzene rings is 3. The summed E-state index contributed by atoms with van der Waals surface area (Å²) < 4.78 is 21.6. The van der Waals surface area contributed by atoms with Gasteiger partial charge < -0.3 is 18.9 Å². The molecule has 0 radical (unpaired) electrons. The molecule has 37 heavy (non-hydrogen) atoms. The average molecular weight is 510 g/mol. The summed E-state index contributed by atoms with van der Waals surface area (Å²) in [6.07, 6.45) is 1.37. The predicted octanol–water partition coefficient (Wildman–Crippen LogP) is 4.48. The number of nitrogens with one attached hydrogen (secondary N) is 1. The Morgan fingerprint density at radius 3 is 2.24 bits per heavy atom. The second-order valence-corrected chi connectivity index (χ2v) is 7.18. The molecule has 13 heteroatoms. The minimum atomic E-state index is -0.779. The molecule has 0 aliphatic carbocycles. The Balaban J connectivity index is 1.75. The number of nitro groups is 2. The van der Waals surface area contributed by atoms with Crippen molar-refractivity contribution >= 4 is 23.5 Å². The number of carbonyl (C=O) groups excluding carboxylic acids is 1. The summed E-state index contributed by atoms with van der Waals surface area (Å²) >= 11 is 0. The van der Waals surface area contributed by atoms with Crippen molar-refractivity contribution in [3.05, 3.63) is 86.0 Å². The van der Waals surface area contributed by atoms with E-state index < -0.39 is 27.1 Å². The molecule has 0 aromatic heterocycles. The van der Waals surface area contributed by atoms with Gasteiger partial charge in [0.15, 0.2) is 23.0 Å². The molecule has 1 amide bonds. The number of nitrogens with zero attached hydrogens (tertiary/aromatic N) is 3. The number of rotatable bonds is 11. The third kappa shape index (κ3) is 6.48. The number of hydrogen-bond donors (Lipinski definition) is 1. The molecule has 3 aromatic carbocycles. The topological polar surface area (TPSA) is 165 Å². The van der Waals surface area contributed by atoms with Crippen LogP contribution in [0, 0.1) is 20.2 Å². The first kappa shape index (κ1) is 26.4.